The van der Waals surface area contributed by atoms with Gasteiger partial charge in [0.2, 0.25) is 11.8 Å². The smallest absolute Gasteiger partial charge is 0.226 e. The molecule has 2 N–H and O–H groups in total. The molecule has 1 atom stereocenters. The van der Waals surface area contributed by atoms with Gasteiger partial charge in [0.05, 0.1) is 29.4 Å². The van der Waals surface area contributed by atoms with Crippen LogP contribution in [0.2, 0.25) is 0 Å². The lowest BCUT2D eigenvalue weighted by atomic mass is 10.2. The molecule has 7 heteroatoms. The monoisotopic (exact) mass is 366 g/mol. The summed E-state index contributed by atoms with van der Waals surface area (Å²) in [7, 11) is 0. The van der Waals surface area contributed by atoms with Gasteiger partial charge in [0.25, 0.3) is 0 Å². The fourth-order valence-corrected chi connectivity index (χ4v) is 2.91. The largest absolute Gasteiger partial charge is 0.444 e. The van der Waals surface area contributed by atoms with Crippen molar-refractivity contribution in [2.75, 3.05) is 11.9 Å². The van der Waals surface area contributed by atoms with Gasteiger partial charge in [-0.3, -0.25) is 0 Å². The summed E-state index contributed by atoms with van der Waals surface area (Å²) in [6.07, 6.45) is 1.07. The highest BCUT2D eigenvalue weighted by atomic mass is 19.1. The van der Waals surface area contributed by atoms with Crippen LogP contribution >= 0.6 is 0 Å². The fourth-order valence-electron chi connectivity index (χ4n) is 2.91. The van der Waals surface area contributed by atoms with E-state index >= 15 is 0 Å². The molecule has 0 aliphatic rings. The molecule has 138 valence electrons. The van der Waals surface area contributed by atoms with Gasteiger partial charge >= 0.3 is 0 Å². The maximum Gasteiger partial charge on any atom is 0.226 e. The van der Waals surface area contributed by atoms with Gasteiger partial charge in [-0.15, -0.1) is 0 Å². The number of aliphatic hydroxyl groups is 1. The van der Waals surface area contributed by atoms with Crippen LogP contribution in [0.15, 0.2) is 59.2 Å². The number of para-hydroxylation sites is 2. The Morgan fingerprint density at radius 2 is 2.04 bits per heavy atom. The minimum atomic E-state index is -0.495. The Balaban J connectivity index is 1.66. The minimum absolute atomic E-state index is 0.336. The topological polar surface area (TPSA) is 76.1 Å². The standard InChI is InChI=1S/C20H19FN4O2/c1-13(26)10-22-20-24-17-7-2-3-8-18(17)25(20)11-16-12-27-19(23-16)14-5-4-6-15(21)9-14/h2-9,12-13,26H,10-11H2,1H3,(H,22,24). The highest BCUT2D eigenvalue weighted by molar-refractivity contribution is 5.78. The summed E-state index contributed by atoms with van der Waals surface area (Å²) < 4.78 is 20.9. The SMILES string of the molecule is CC(O)CNc1nc2ccccc2n1Cc1coc(-c2cccc(F)c2)n1. The third kappa shape index (κ3) is 3.68. The van der Waals surface area contributed by atoms with Crippen LogP contribution in [0, 0.1) is 5.82 Å². The number of anilines is 1. The lowest BCUT2D eigenvalue weighted by Crippen LogP contribution is -2.18. The van der Waals surface area contributed by atoms with Crippen LogP contribution in [-0.2, 0) is 6.54 Å². The second kappa shape index (κ2) is 7.20. The number of hydrogen-bond acceptors (Lipinski definition) is 5. The van der Waals surface area contributed by atoms with E-state index in [-0.39, 0.29) is 5.82 Å². The number of benzene rings is 2. The average molecular weight is 366 g/mol. The number of rotatable bonds is 6. The summed E-state index contributed by atoms with van der Waals surface area (Å²) in [6, 6.07) is 13.9. The Kier molecular flexibility index (Phi) is 4.60. The van der Waals surface area contributed by atoms with Gasteiger partial charge in [0, 0.05) is 12.1 Å². The summed E-state index contributed by atoms with van der Waals surface area (Å²) in [4.78, 5) is 9.07. The van der Waals surface area contributed by atoms with Crippen LogP contribution in [0.25, 0.3) is 22.5 Å². The highest BCUT2D eigenvalue weighted by Crippen LogP contribution is 2.23. The predicted octanol–water partition coefficient (Wildman–Crippen LogP) is 3.67. The maximum absolute atomic E-state index is 13.4. The maximum atomic E-state index is 13.4. The quantitative estimate of drug-likeness (QED) is 0.544. The number of halogens is 1. The van der Waals surface area contributed by atoms with Crippen LogP contribution in [0.1, 0.15) is 12.6 Å². The van der Waals surface area contributed by atoms with Crippen LogP contribution in [-0.4, -0.2) is 32.3 Å². The molecule has 6 nitrogen and oxygen atoms in total. The second-order valence-corrected chi connectivity index (χ2v) is 6.39. The lowest BCUT2D eigenvalue weighted by Gasteiger charge is -2.10. The molecule has 0 aliphatic carbocycles. The minimum Gasteiger partial charge on any atom is -0.444 e. The molecule has 0 saturated carbocycles. The molecule has 0 spiro atoms. The van der Waals surface area contributed by atoms with Gasteiger partial charge in [-0.2, -0.15) is 0 Å². The molecule has 2 heterocycles. The molecule has 4 rings (SSSR count). The molecule has 0 aliphatic heterocycles. The fraction of sp³-hybridized carbons (Fsp3) is 0.200. The molecule has 0 radical (unpaired) electrons. The van der Waals surface area contributed by atoms with Crippen molar-refractivity contribution in [2.24, 2.45) is 0 Å². The molecule has 27 heavy (non-hydrogen) atoms. The van der Waals surface area contributed by atoms with Gasteiger partial charge in [-0.25, -0.2) is 14.4 Å². The van der Waals surface area contributed by atoms with Gasteiger partial charge in [-0.05, 0) is 37.3 Å². The molecule has 0 amide bonds. The first-order valence-electron chi connectivity index (χ1n) is 8.67. The highest BCUT2D eigenvalue weighted by Gasteiger charge is 2.14. The molecule has 2 aromatic carbocycles. The van der Waals surface area contributed by atoms with E-state index in [0.717, 1.165) is 11.0 Å². The number of nitrogens with one attached hydrogen (secondary N) is 1. The lowest BCUT2D eigenvalue weighted by molar-refractivity contribution is 0.208. The van der Waals surface area contributed by atoms with Gasteiger partial charge < -0.3 is 19.4 Å². The van der Waals surface area contributed by atoms with Gasteiger partial charge in [0.15, 0.2) is 0 Å². The van der Waals surface area contributed by atoms with E-state index < -0.39 is 6.10 Å². The van der Waals surface area contributed by atoms with Crippen molar-refractivity contribution >= 4 is 17.0 Å². The summed E-state index contributed by atoms with van der Waals surface area (Å²) in [6.45, 7) is 2.53. The number of fused-ring (bicyclic) bond motifs is 1. The first-order chi connectivity index (χ1) is 13.1. The summed E-state index contributed by atoms with van der Waals surface area (Å²) in [5, 5.41) is 12.7. The molecule has 1 unspecified atom stereocenters. The van der Waals surface area contributed by atoms with E-state index in [2.05, 4.69) is 15.3 Å². The number of aromatic nitrogens is 3. The molecule has 2 aromatic heterocycles. The summed E-state index contributed by atoms with van der Waals surface area (Å²) >= 11 is 0. The van der Waals surface area contributed by atoms with Crippen molar-refractivity contribution in [3.8, 4) is 11.5 Å². The number of aliphatic hydroxyl groups excluding tert-OH is 1. The third-order valence-corrected chi connectivity index (χ3v) is 4.15. The molecule has 0 saturated heterocycles. The Morgan fingerprint density at radius 1 is 1.19 bits per heavy atom. The zero-order chi connectivity index (χ0) is 18.8. The first-order valence-corrected chi connectivity index (χ1v) is 8.67. The molecular weight excluding hydrogens is 347 g/mol. The Morgan fingerprint density at radius 3 is 2.85 bits per heavy atom. The van der Waals surface area contributed by atoms with Crippen molar-refractivity contribution in [1.29, 1.82) is 0 Å². The van der Waals surface area contributed by atoms with E-state index in [9.17, 15) is 9.50 Å². The van der Waals surface area contributed by atoms with E-state index in [1.165, 1.54) is 12.1 Å². The van der Waals surface area contributed by atoms with Crippen molar-refractivity contribution in [3.63, 3.8) is 0 Å². The molecule has 0 fully saturated rings. The first kappa shape index (κ1) is 17.2. The van der Waals surface area contributed by atoms with Crippen LogP contribution < -0.4 is 5.32 Å². The van der Waals surface area contributed by atoms with Crippen LogP contribution in [0.3, 0.4) is 0 Å². The zero-order valence-electron chi connectivity index (χ0n) is 14.8. The van der Waals surface area contributed by atoms with Crippen molar-refractivity contribution in [3.05, 3.63) is 66.3 Å². The van der Waals surface area contributed by atoms with Crippen LogP contribution in [0.5, 0.6) is 0 Å². The van der Waals surface area contributed by atoms with Crippen molar-refractivity contribution < 1.29 is 13.9 Å². The van der Waals surface area contributed by atoms with E-state index in [4.69, 9.17) is 4.42 Å². The third-order valence-electron chi connectivity index (χ3n) is 4.15. The number of hydrogen-bond donors (Lipinski definition) is 2. The molecular formula is C20H19FN4O2. The van der Waals surface area contributed by atoms with E-state index in [1.54, 1.807) is 25.3 Å². The van der Waals surface area contributed by atoms with Crippen LogP contribution in [0.4, 0.5) is 10.3 Å². The summed E-state index contributed by atoms with van der Waals surface area (Å²) in [5.41, 5.74) is 3.07. The van der Waals surface area contributed by atoms with Crippen molar-refractivity contribution in [1.82, 2.24) is 14.5 Å². The normalized spacial score (nSPS) is 12.4. The van der Waals surface area contributed by atoms with Gasteiger partial charge in [0.1, 0.15) is 12.1 Å². The van der Waals surface area contributed by atoms with E-state index in [1.807, 2.05) is 28.8 Å². The summed E-state index contributed by atoms with van der Waals surface area (Å²) in [5.74, 6) is 0.678. The predicted molar refractivity (Wildman–Crippen MR) is 101 cm³/mol. The zero-order valence-corrected chi connectivity index (χ0v) is 14.8. The Hall–Kier alpha value is -3.19. The van der Waals surface area contributed by atoms with Crippen molar-refractivity contribution in [2.45, 2.75) is 19.6 Å². The molecule has 0 bridgehead atoms. The van der Waals surface area contributed by atoms with Gasteiger partial charge in [-0.1, -0.05) is 18.2 Å². The van der Waals surface area contributed by atoms with E-state index in [0.29, 0.717) is 36.2 Å². The number of nitrogens with zero attached hydrogens (tertiary/aromatic N) is 3. The Labute approximate surface area is 155 Å². The number of imidazole rings is 1. The Bertz CT molecular complexity index is 1070. The second-order valence-electron chi connectivity index (χ2n) is 6.39. The average Bonchev–Trinajstić information content (AvgIpc) is 3.26. The number of oxazole rings is 1. The molecule has 4 aromatic rings.